The van der Waals surface area contributed by atoms with E-state index in [0.29, 0.717) is 0 Å². The third kappa shape index (κ3) is 3.75. The summed E-state index contributed by atoms with van der Waals surface area (Å²) in [6.07, 6.45) is 5.16. The van der Waals surface area contributed by atoms with Gasteiger partial charge in [-0.05, 0) is 67.2 Å². The Kier molecular flexibility index (Phi) is 3.96. The number of ether oxygens (including phenoxy) is 1. The Bertz CT molecular complexity index is 712. The molecule has 1 N–H and O–H groups in total. The minimum Gasteiger partial charge on any atom is -0.444 e. The molecule has 0 unspecified atom stereocenters. The SMILES string of the molecule is CC(C)(C)OC(=O)NC1(c2ccc(-n3cnc(Br)c3)cc2)CC1. The summed E-state index contributed by atoms with van der Waals surface area (Å²) in [7, 11) is 0. The predicted octanol–water partition coefficient (Wildman–Crippen LogP) is 4.15. The van der Waals surface area contributed by atoms with E-state index < -0.39 is 5.60 Å². The van der Waals surface area contributed by atoms with E-state index >= 15 is 0 Å². The first-order chi connectivity index (χ1) is 10.8. The number of carbonyl (C=O) groups excluding carboxylic acids is 1. The molecule has 0 saturated heterocycles. The second-order valence-corrected chi connectivity index (χ2v) is 7.67. The van der Waals surface area contributed by atoms with E-state index in [1.165, 1.54) is 0 Å². The fourth-order valence-electron chi connectivity index (χ4n) is 2.50. The van der Waals surface area contributed by atoms with Crippen LogP contribution in [0.2, 0.25) is 0 Å². The van der Waals surface area contributed by atoms with Crippen LogP contribution in [0.15, 0.2) is 41.4 Å². The summed E-state index contributed by atoms with van der Waals surface area (Å²) in [6.45, 7) is 5.60. The maximum atomic E-state index is 12.0. The summed E-state index contributed by atoms with van der Waals surface area (Å²) in [5, 5.41) is 3.02. The van der Waals surface area contributed by atoms with Gasteiger partial charge in [-0.1, -0.05) is 12.1 Å². The van der Waals surface area contributed by atoms with E-state index in [1.807, 2.05) is 55.8 Å². The number of nitrogens with zero attached hydrogens (tertiary/aromatic N) is 2. The van der Waals surface area contributed by atoms with Crippen LogP contribution >= 0.6 is 15.9 Å². The molecule has 1 aliphatic rings. The number of alkyl carbamates (subject to hydrolysis) is 1. The molecule has 122 valence electrons. The van der Waals surface area contributed by atoms with Gasteiger partial charge in [-0.15, -0.1) is 0 Å². The predicted molar refractivity (Wildman–Crippen MR) is 91.5 cm³/mol. The quantitative estimate of drug-likeness (QED) is 0.873. The first kappa shape index (κ1) is 16.1. The summed E-state index contributed by atoms with van der Waals surface area (Å²) in [5.41, 5.74) is 1.36. The Morgan fingerprint density at radius 2 is 1.96 bits per heavy atom. The average molecular weight is 378 g/mol. The number of carbonyl (C=O) groups is 1. The molecule has 0 atom stereocenters. The number of amides is 1. The molecule has 1 heterocycles. The lowest BCUT2D eigenvalue weighted by molar-refractivity contribution is 0.0495. The Balaban J connectivity index is 1.73. The van der Waals surface area contributed by atoms with Crippen LogP contribution in [0.3, 0.4) is 0 Å². The molecular formula is C17H20BrN3O2. The third-order valence-electron chi connectivity index (χ3n) is 3.76. The highest BCUT2D eigenvalue weighted by Crippen LogP contribution is 2.45. The van der Waals surface area contributed by atoms with Gasteiger partial charge >= 0.3 is 6.09 Å². The fourth-order valence-corrected chi connectivity index (χ4v) is 2.81. The van der Waals surface area contributed by atoms with E-state index in [2.05, 4.69) is 26.2 Å². The summed E-state index contributed by atoms with van der Waals surface area (Å²) in [6, 6.07) is 8.15. The van der Waals surface area contributed by atoms with Gasteiger partial charge < -0.3 is 14.6 Å². The number of aromatic nitrogens is 2. The molecule has 3 rings (SSSR count). The second kappa shape index (κ2) is 5.67. The zero-order valence-electron chi connectivity index (χ0n) is 13.5. The zero-order chi connectivity index (χ0) is 16.7. The number of imidazole rings is 1. The van der Waals surface area contributed by atoms with Gasteiger partial charge in [-0.2, -0.15) is 0 Å². The lowest BCUT2D eigenvalue weighted by Gasteiger charge is -2.23. The highest BCUT2D eigenvalue weighted by atomic mass is 79.9. The normalized spacial score (nSPS) is 16.0. The number of halogens is 1. The molecule has 1 aliphatic carbocycles. The number of hydrogen-bond acceptors (Lipinski definition) is 3. The van der Waals surface area contributed by atoms with Crippen LogP contribution in [0.4, 0.5) is 4.79 Å². The van der Waals surface area contributed by atoms with Gasteiger partial charge in [0.15, 0.2) is 0 Å². The van der Waals surface area contributed by atoms with Gasteiger partial charge in [-0.3, -0.25) is 0 Å². The second-order valence-electron chi connectivity index (χ2n) is 6.86. The third-order valence-corrected chi connectivity index (χ3v) is 4.17. The lowest BCUT2D eigenvalue weighted by atomic mass is 10.0. The highest BCUT2D eigenvalue weighted by molar-refractivity contribution is 9.10. The largest absolute Gasteiger partial charge is 0.444 e. The molecule has 0 aliphatic heterocycles. The Labute approximate surface area is 144 Å². The summed E-state index contributed by atoms with van der Waals surface area (Å²) < 4.78 is 8.10. The van der Waals surface area contributed by atoms with Gasteiger partial charge in [0, 0.05) is 11.9 Å². The molecule has 0 radical (unpaired) electrons. The first-order valence-electron chi connectivity index (χ1n) is 7.59. The number of rotatable bonds is 3. The van der Waals surface area contributed by atoms with Crippen LogP contribution in [0.5, 0.6) is 0 Å². The van der Waals surface area contributed by atoms with Crippen LogP contribution < -0.4 is 5.32 Å². The van der Waals surface area contributed by atoms with E-state index in [9.17, 15) is 4.79 Å². The van der Waals surface area contributed by atoms with E-state index in [-0.39, 0.29) is 11.6 Å². The molecule has 23 heavy (non-hydrogen) atoms. The molecule has 0 spiro atoms. The first-order valence-corrected chi connectivity index (χ1v) is 8.38. The smallest absolute Gasteiger partial charge is 0.408 e. The van der Waals surface area contributed by atoms with Crippen LogP contribution in [-0.2, 0) is 10.3 Å². The standard InChI is InChI=1S/C17H20BrN3O2/c1-16(2,3)23-15(22)20-17(8-9-17)12-4-6-13(7-5-12)21-10-14(18)19-11-21/h4-7,10-11H,8-9H2,1-3H3,(H,20,22). The Morgan fingerprint density at radius 1 is 1.30 bits per heavy atom. The van der Waals surface area contributed by atoms with Crippen molar-refractivity contribution in [2.75, 3.05) is 0 Å². The molecule has 1 fully saturated rings. The van der Waals surface area contributed by atoms with E-state index in [4.69, 9.17) is 4.74 Å². The molecule has 2 aromatic rings. The molecule has 1 aromatic heterocycles. The fraction of sp³-hybridized carbons (Fsp3) is 0.412. The Morgan fingerprint density at radius 3 is 2.43 bits per heavy atom. The van der Waals surface area contributed by atoms with Crippen molar-refractivity contribution in [3.8, 4) is 5.69 Å². The molecule has 1 aromatic carbocycles. The maximum absolute atomic E-state index is 12.0. The van der Waals surface area contributed by atoms with Crippen molar-refractivity contribution in [2.24, 2.45) is 0 Å². The molecule has 0 bridgehead atoms. The maximum Gasteiger partial charge on any atom is 0.408 e. The number of nitrogens with one attached hydrogen (secondary N) is 1. The average Bonchev–Trinajstić information content (AvgIpc) is 3.09. The van der Waals surface area contributed by atoms with Crippen molar-refractivity contribution in [3.05, 3.63) is 47.0 Å². The van der Waals surface area contributed by atoms with Crippen molar-refractivity contribution < 1.29 is 9.53 Å². The van der Waals surface area contributed by atoms with Crippen molar-refractivity contribution in [1.82, 2.24) is 14.9 Å². The van der Waals surface area contributed by atoms with Gasteiger partial charge in [-0.25, -0.2) is 9.78 Å². The van der Waals surface area contributed by atoms with Crippen molar-refractivity contribution >= 4 is 22.0 Å². The summed E-state index contributed by atoms with van der Waals surface area (Å²) in [4.78, 5) is 16.2. The van der Waals surface area contributed by atoms with Crippen molar-refractivity contribution in [3.63, 3.8) is 0 Å². The molecule has 5 nitrogen and oxygen atoms in total. The van der Waals surface area contributed by atoms with Crippen LogP contribution in [0, 0.1) is 0 Å². The van der Waals surface area contributed by atoms with Crippen LogP contribution in [0.25, 0.3) is 5.69 Å². The van der Waals surface area contributed by atoms with Crippen LogP contribution in [0.1, 0.15) is 39.2 Å². The molecule has 1 amide bonds. The Hall–Kier alpha value is -1.82. The van der Waals surface area contributed by atoms with Gasteiger partial charge in [0.1, 0.15) is 16.5 Å². The van der Waals surface area contributed by atoms with Crippen LogP contribution in [-0.4, -0.2) is 21.2 Å². The number of benzene rings is 1. The zero-order valence-corrected chi connectivity index (χ0v) is 15.1. The number of hydrogen-bond donors (Lipinski definition) is 1. The van der Waals surface area contributed by atoms with Gasteiger partial charge in [0.2, 0.25) is 0 Å². The lowest BCUT2D eigenvalue weighted by Crippen LogP contribution is -2.39. The van der Waals surface area contributed by atoms with Gasteiger partial charge in [0.05, 0.1) is 5.54 Å². The summed E-state index contributed by atoms with van der Waals surface area (Å²) >= 11 is 3.34. The van der Waals surface area contributed by atoms with Crippen molar-refractivity contribution in [1.29, 1.82) is 0 Å². The summed E-state index contributed by atoms with van der Waals surface area (Å²) in [5.74, 6) is 0. The van der Waals surface area contributed by atoms with E-state index in [0.717, 1.165) is 28.7 Å². The topological polar surface area (TPSA) is 56.1 Å². The minimum atomic E-state index is -0.487. The monoisotopic (exact) mass is 377 g/mol. The highest BCUT2D eigenvalue weighted by Gasteiger charge is 2.46. The van der Waals surface area contributed by atoms with Gasteiger partial charge in [0.25, 0.3) is 0 Å². The van der Waals surface area contributed by atoms with Crippen molar-refractivity contribution in [2.45, 2.75) is 44.8 Å². The molecular weight excluding hydrogens is 358 g/mol. The molecule has 1 saturated carbocycles. The van der Waals surface area contributed by atoms with E-state index in [1.54, 1.807) is 6.33 Å². The minimum absolute atomic E-state index is 0.281. The molecule has 6 heteroatoms.